The van der Waals surface area contributed by atoms with E-state index in [4.69, 9.17) is 31.5 Å². The first-order valence-electron chi connectivity index (χ1n) is 10.0. The number of aliphatic hydroxyl groups is 1. The molecule has 0 spiro atoms. The SMILES string of the molecule is CCCSc1nc(Cl)c(N)c(NC2C[C@H](OCC(=O)OCC)[C@@H](OC(C)(C)O)C2)n1. The van der Waals surface area contributed by atoms with Gasteiger partial charge in [-0.05, 0) is 40.0 Å². The Balaban J connectivity index is 2.10. The molecule has 170 valence electrons. The number of anilines is 2. The van der Waals surface area contributed by atoms with E-state index in [1.54, 1.807) is 20.8 Å². The van der Waals surface area contributed by atoms with Gasteiger partial charge in [0.25, 0.3) is 0 Å². The van der Waals surface area contributed by atoms with Gasteiger partial charge in [-0.1, -0.05) is 30.3 Å². The van der Waals surface area contributed by atoms with Gasteiger partial charge in [0, 0.05) is 11.8 Å². The predicted octanol–water partition coefficient (Wildman–Crippen LogP) is 2.85. The second-order valence-corrected chi connectivity index (χ2v) is 8.90. The second-order valence-electron chi connectivity index (χ2n) is 7.48. The number of nitrogens with two attached hydrogens (primary N) is 1. The summed E-state index contributed by atoms with van der Waals surface area (Å²) in [4.78, 5) is 20.4. The number of carbonyl (C=O) groups is 1. The fourth-order valence-corrected chi connectivity index (χ4v) is 4.03. The zero-order chi connectivity index (χ0) is 22.3. The van der Waals surface area contributed by atoms with Gasteiger partial charge in [0.05, 0.1) is 18.8 Å². The van der Waals surface area contributed by atoms with E-state index < -0.39 is 24.0 Å². The summed E-state index contributed by atoms with van der Waals surface area (Å²) in [5, 5.41) is 14.1. The van der Waals surface area contributed by atoms with Crippen molar-refractivity contribution in [1.29, 1.82) is 0 Å². The van der Waals surface area contributed by atoms with Crippen LogP contribution in [-0.4, -0.2) is 64.0 Å². The highest BCUT2D eigenvalue weighted by Gasteiger charge is 2.39. The largest absolute Gasteiger partial charge is 0.464 e. The van der Waals surface area contributed by atoms with E-state index in [-0.39, 0.29) is 30.1 Å². The van der Waals surface area contributed by atoms with Crippen molar-refractivity contribution in [3.63, 3.8) is 0 Å². The summed E-state index contributed by atoms with van der Waals surface area (Å²) in [7, 11) is 0. The molecule has 11 heteroatoms. The zero-order valence-corrected chi connectivity index (χ0v) is 19.4. The minimum Gasteiger partial charge on any atom is -0.464 e. The fourth-order valence-electron chi connectivity index (χ4n) is 3.11. The number of carbonyl (C=O) groups excluding carboxylic acids is 1. The lowest BCUT2D eigenvalue weighted by Gasteiger charge is -2.27. The monoisotopic (exact) mass is 462 g/mol. The summed E-state index contributed by atoms with van der Waals surface area (Å²) in [6.07, 6.45) is 1.20. The van der Waals surface area contributed by atoms with Crippen LogP contribution in [0.5, 0.6) is 0 Å². The van der Waals surface area contributed by atoms with Crippen molar-refractivity contribution in [3.05, 3.63) is 5.15 Å². The van der Waals surface area contributed by atoms with Crippen LogP contribution in [0.4, 0.5) is 11.5 Å². The number of esters is 1. The Morgan fingerprint density at radius 2 is 2.03 bits per heavy atom. The van der Waals surface area contributed by atoms with E-state index in [0.717, 1.165) is 12.2 Å². The Morgan fingerprint density at radius 1 is 1.33 bits per heavy atom. The summed E-state index contributed by atoms with van der Waals surface area (Å²) >= 11 is 7.68. The van der Waals surface area contributed by atoms with Crippen molar-refractivity contribution in [2.75, 3.05) is 30.0 Å². The number of nitrogens with one attached hydrogen (secondary N) is 1. The van der Waals surface area contributed by atoms with E-state index >= 15 is 0 Å². The number of ether oxygens (including phenoxy) is 3. The standard InChI is InChI=1S/C19H31ClN4O5S/c1-5-7-30-18-23-16(20)15(21)17(24-18)22-11-8-12(28-10-14(25)27-6-2)13(9-11)29-19(3,4)26/h11-13,26H,5-10,21H2,1-4H3,(H,22,23,24)/t11?,12-,13-/m0/s1. The van der Waals surface area contributed by atoms with Crippen LogP contribution in [0.2, 0.25) is 5.15 Å². The molecule has 0 aromatic carbocycles. The van der Waals surface area contributed by atoms with Crippen molar-refractivity contribution in [2.45, 2.75) is 76.2 Å². The van der Waals surface area contributed by atoms with Gasteiger partial charge in [-0.3, -0.25) is 0 Å². The third-order valence-electron chi connectivity index (χ3n) is 4.26. The van der Waals surface area contributed by atoms with Gasteiger partial charge in [-0.2, -0.15) is 0 Å². The van der Waals surface area contributed by atoms with Crippen LogP contribution in [0.3, 0.4) is 0 Å². The Bertz CT molecular complexity index is 719. The van der Waals surface area contributed by atoms with Crippen molar-refractivity contribution in [2.24, 2.45) is 0 Å². The molecule has 3 atom stereocenters. The summed E-state index contributed by atoms with van der Waals surface area (Å²) in [5.41, 5.74) is 6.34. The third-order valence-corrected chi connectivity index (χ3v) is 5.60. The lowest BCUT2D eigenvalue weighted by atomic mass is 10.2. The topological polar surface area (TPSA) is 129 Å². The first kappa shape index (κ1) is 24.9. The number of aromatic nitrogens is 2. The smallest absolute Gasteiger partial charge is 0.332 e. The number of hydrogen-bond donors (Lipinski definition) is 3. The Hall–Kier alpha value is -1.33. The van der Waals surface area contributed by atoms with Crippen LogP contribution in [0, 0.1) is 0 Å². The van der Waals surface area contributed by atoms with Crippen LogP contribution in [0.1, 0.15) is 47.0 Å². The number of nitrogen functional groups attached to an aromatic ring is 1. The van der Waals surface area contributed by atoms with Gasteiger partial charge in [0.1, 0.15) is 12.3 Å². The predicted molar refractivity (Wildman–Crippen MR) is 117 cm³/mol. The number of thioether (sulfide) groups is 1. The first-order chi connectivity index (χ1) is 14.1. The van der Waals surface area contributed by atoms with E-state index in [9.17, 15) is 9.90 Å². The van der Waals surface area contributed by atoms with E-state index in [2.05, 4.69) is 22.2 Å². The molecule has 1 aromatic rings. The average Bonchev–Trinajstić information content (AvgIpc) is 3.01. The molecule has 1 aromatic heterocycles. The van der Waals surface area contributed by atoms with Gasteiger partial charge < -0.3 is 30.4 Å². The number of rotatable bonds is 11. The zero-order valence-electron chi connectivity index (χ0n) is 17.8. The molecule has 2 rings (SSSR count). The molecule has 30 heavy (non-hydrogen) atoms. The molecule has 1 fully saturated rings. The maximum Gasteiger partial charge on any atom is 0.332 e. The molecular weight excluding hydrogens is 432 g/mol. The molecule has 1 heterocycles. The second kappa shape index (κ2) is 11.3. The molecule has 0 aliphatic heterocycles. The quantitative estimate of drug-likeness (QED) is 0.148. The highest BCUT2D eigenvalue weighted by Crippen LogP contribution is 2.33. The lowest BCUT2D eigenvalue weighted by Crippen LogP contribution is -2.36. The van der Waals surface area contributed by atoms with Crippen LogP contribution in [0.25, 0.3) is 0 Å². The highest BCUT2D eigenvalue weighted by molar-refractivity contribution is 7.99. The minimum absolute atomic E-state index is 0.109. The van der Waals surface area contributed by atoms with Crippen molar-refractivity contribution < 1.29 is 24.1 Å². The number of hydrogen-bond acceptors (Lipinski definition) is 10. The van der Waals surface area contributed by atoms with E-state index in [1.165, 1.54) is 11.8 Å². The third kappa shape index (κ3) is 7.73. The Kier molecular flexibility index (Phi) is 9.42. The minimum atomic E-state index is -1.34. The van der Waals surface area contributed by atoms with Crippen molar-refractivity contribution in [1.82, 2.24) is 9.97 Å². The maximum atomic E-state index is 11.7. The molecule has 0 saturated heterocycles. The van der Waals surface area contributed by atoms with Crippen LogP contribution in [0.15, 0.2) is 5.16 Å². The fraction of sp³-hybridized carbons (Fsp3) is 0.737. The van der Waals surface area contributed by atoms with E-state index in [0.29, 0.717) is 23.8 Å². The molecule has 1 aliphatic carbocycles. The number of nitrogens with zero attached hydrogens (tertiary/aromatic N) is 2. The summed E-state index contributed by atoms with van der Waals surface area (Å²) < 4.78 is 16.4. The molecule has 0 amide bonds. The van der Waals surface area contributed by atoms with Crippen LogP contribution >= 0.6 is 23.4 Å². The molecule has 0 bridgehead atoms. The van der Waals surface area contributed by atoms with Crippen LogP contribution in [-0.2, 0) is 19.0 Å². The molecule has 1 saturated carbocycles. The van der Waals surface area contributed by atoms with Crippen LogP contribution < -0.4 is 11.1 Å². The molecule has 9 nitrogen and oxygen atoms in total. The van der Waals surface area contributed by atoms with Crippen molar-refractivity contribution >= 4 is 40.8 Å². The van der Waals surface area contributed by atoms with Gasteiger partial charge >= 0.3 is 5.97 Å². The average molecular weight is 463 g/mol. The molecule has 1 unspecified atom stereocenters. The molecule has 0 radical (unpaired) electrons. The van der Waals surface area contributed by atoms with Gasteiger partial charge in [-0.15, -0.1) is 0 Å². The normalized spacial score (nSPS) is 21.6. The summed E-state index contributed by atoms with van der Waals surface area (Å²) in [5.74, 6) is -0.465. The van der Waals surface area contributed by atoms with E-state index in [1.807, 2.05) is 0 Å². The Morgan fingerprint density at radius 3 is 2.67 bits per heavy atom. The van der Waals surface area contributed by atoms with Gasteiger partial charge in [0.2, 0.25) is 0 Å². The van der Waals surface area contributed by atoms with Gasteiger partial charge in [0.15, 0.2) is 21.9 Å². The summed E-state index contributed by atoms with van der Waals surface area (Å²) in [6, 6.07) is -0.109. The molecule has 1 aliphatic rings. The first-order valence-corrected chi connectivity index (χ1v) is 11.4. The Labute approximate surface area is 186 Å². The van der Waals surface area contributed by atoms with Gasteiger partial charge in [-0.25, -0.2) is 14.8 Å². The lowest BCUT2D eigenvalue weighted by molar-refractivity contribution is -0.224. The van der Waals surface area contributed by atoms with Crippen molar-refractivity contribution in [3.8, 4) is 0 Å². The number of halogens is 1. The maximum absolute atomic E-state index is 11.7. The highest BCUT2D eigenvalue weighted by atomic mass is 35.5. The molecular formula is C19H31ClN4O5S. The molecule has 4 N–H and O–H groups in total. The summed E-state index contributed by atoms with van der Waals surface area (Å²) in [6.45, 7) is 7.01.